The van der Waals surface area contributed by atoms with Crippen molar-refractivity contribution in [1.29, 1.82) is 0 Å². The zero-order valence-corrected chi connectivity index (χ0v) is 24.1. The molecule has 0 atom stereocenters. The van der Waals surface area contributed by atoms with Crippen molar-refractivity contribution in [3.63, 3.8) is 0 Å². The van der Waals surface area contributed by atoms with Gasteiger partial charge in [0.15, 0.2) is 0 Å². The minimum atomic E-state index is -0.423. The highest BCUT2D eigenvalue weighted by molar-refractivity contribution is 9.10. The van der Waals surface area contributed by atoms with E-state index in [0.29, 0.717) is 16.8 Å². The van der Waals surface area contributed by atoms with E-state index in [1.54, 1.807) is 24.4 Å². The van der Waals surface area contributed by atoms with E-state index >= 15 is 0 Å². The van der Waals surface area contributed by atoms with Crippen LogP contribution in [0.25, 0.3) is 0 Å². The molecule has 0 fully saturated rings. The van der Waals surface area contributed by atoms with Gasteiger partial charge in [0, 0.05) is 29.7 Å². The second-order valence-electron chi connectivity index (χ2n) is 9.22. The second kappa shape index (κ2) is 14.6. The topological polar surface area (TPSA) is 77.0 Å². The fraction of sp³-hybridized carbons (Fsp3) is 0.300. The molecule has 200 valence electrons. The van der Waals surface area contributed by atoms with E-state index in [2.05, 4.69) is 62.5 Å². The lowest BCUT2D eigenvalue weighted by Crippen LogP contribution is -2.32. The molecule has 0 aliphatic carbocycles. The van der Waals surface area contributed by atoms with Crippen LogP contribution in [-0.2, 0) is 6.54 Å². The first-order chi connectivity index (χ1) is 18.3. The zero-order valence-electron chi connectivity index (χ0n) is 22.5. The van der Waals surface area contributed by atoms with Gasteiger partial charge in [-0.05, 0) is 68.5 Å². The van der Waals surface area contributed by atoms with Crippen LogP contribution in [0.5, 0.6) is 0 Å². The summed E-state index contributed by atoms with van der Waals surface area (Å²) in [6.07, 6.45) is 1.58. The summed E-state index contributed by atoms with van der Waals surface area (Å²) in [6.45, 7) is 11.3. The highest BCUT2D eigenvalue weighted by Gasteiger charge is 2.15. The van der Waals surface area contributed by atoms with Crippen LogP contribution in [0.4, 0.5) is 5.69 Å². The van der Waals surface area contributed by atoms with E-state index in [0.717, 1.165) is 53.9 Å². The summed E-state index contributed by atoms with van der Waals surface area (Å²) in [6, 6.07) is 20.5. The van der Waals surface area contributed by atoms with E-state index in [-0.39, 0.29) is 5.91 Å². The van der Waals surface area contributed by atoms with Gasteiger partial charge in [-0.3, -0.25) is 9.59 Å². The van der Waals surface area contributed by atoms with Crippen molar-refractivity contribution in [2.45, 2.75) is 27.3 Å². The maximum atomic E-state index is 13.0. The summed E-state index contributed by atoms with van der Waals surface area (Å²) in [7, 11) is 2.11. The number of hydrogen-bond donors (Lipinski definition) is 2. The molecular formula is C30H36BrN5O2. The lowest BCUT2D eigenvalue weighted by molar-refractivity contribution is 0.0956. The van der Waals surface area contributed by atoms with Crippen molar-refractivity contribution in [1.82, 2.24) is 15.2 Å². The average Bonchev–Trinajstić information content (AvgIpc) is 2.91. The minimum Gasteiger partial charge on any atom is -0.321 e. The average molecular weight is 579 g/mol. The number of nitrogens with zero attached hydrogens (tertiary/aromatic N) is 3. The summed E-state index contributed by atoms with van der Waals surface area (Å²) in [5, 5.41) is 6.93. The molecule has 0 aromatic heterocycles. The third-order valence-electron chi connectivity index (χ3n) is 6.29. The van der Waals surface area contributed by atoms with E-state index < -0.39 is 5.91 Å². The van der Waals surface area contributed by atoms with Crippen molar-refractivity contribution in [3.8, 4) is 0 Å². The van der Waals surface area contributed by atoms with E-state index in [4.69, 9.17) is 0 Å². The fourth-order valence-electron chi connectivity index (χ4n) is 3.89. The van der Waals surface area contributed by atoms with Crippen molar-refractivity contribution < 1.29 is 9.59 Å². The Bertz CT molecular complexity index is 1240. The molecule has 8 heteroatoms. The molecule has 0 aliphatic heterocycles. The van der Waals surface area contributed by atoms with Crippen LogP contribution < -0.4 is 10.7 Å². The molecule has 0 saturated carbocycles. The summed E-state index contributed by atoms with van der Waals surface area (Å²) in [5.41, 5.74) is 6.93. The van der Waals surface area contributed by atoms with Crippen LogP contribution in [0, 0.1) is 6.92 Å². The van der Waals surface area contributed by atoms with Gasteiger partial charge in [-0.25, -0.2) is 5.43 Å². The highest BCUT2D eigenvalue weighted by Crippen LogP contribution is 2.22. The summed E-state index contributed by atoms with van der Waals surface area (Å²) in [5.74, 6) is -0.709. The Morgan fingerprint density at radius 3 is 2.26 bits per heavy atom. The minimum absolute atomic E-state index is 0.286. The molecule has 7 nitrogen and oxygen atoms in total. The van der Waals surface area contributed by atoms with Crippen LogP contribution in [0.3, 0.4) is 0 Å². The number of anilines is 1. The van der Waals surface area contributed by atoms with Crippen LogP contribution in [0.2, 0.25) is 0 Å². The Hall–Kier alpha value is -3.33. The van der Waals surface area contributed by atoms with Gasteiger partial charge in [0.2, 0.25) is 0 Å². The largest absolute Gasteiger partial charge is 0.321 e. The molecule has 0 unspecified atom stereocenters. The third kappa shape index (κ3) is 8.90. The smallest absolute Gasteiger partial charge is 0.273 e. The summed E-state index contributed by atoms with van der Waals surface area (Å²) >= 11 is 3.40. The van der Waals surface area contributed by atoms with Crippen LogP contribution in [0.1, 0.15) is 51.3 Å². The number of benzene rings is 3. The zero-order chi connectivity index (χ0) is 27.5. The van der Waals surface area contributed by atoms with Gasteiger partial charge in [-0.2, -0.15) is 5.10 Å². The van der Waals surface area contributed by atoms with Crippen molar-refractivity contribution in [2.24, 2.45) is 5.10 Å². The van der Waals surface area contributed by atoms with Gasteiger partial charge >= 0.3 is 0 Å². The third-order valence-corrected chi connectivity index (χ3v) is 6.79. The van der Waals surface area contributed by atoms with Gasteiger partial charge in [-0.1, -0.05) is 71.7 Å². The monoisotopic (exact) mass is 577 g/mol. The van der Waals surface area contributed by atoms with Crippen molar-refractivity contribution in [2.75, 3.05) is 38.5 Å². The summed E-state index contributed by atoms with van der Waals surface area (Å²) in [4.78, 5) is 30.5. The number of hydrazone groups is 1. The Kier molecular flexibility index (Phi) is 11.2. The van der Waals surface area contributed by atoms with Gasteiger partial charge in [0.25, 0.3) is 11.8 Å². The van der Waals surface area contributed by atoms with Gasteiger partial charge in [0.1, 0.15) is 0 Å². The number of likely N-dealkylation sites (N-methyl/N-ethyl adjacent to an activating group) is 2. The number of hydrogen-bond acceptors (Lipinski definition) is 5. The van der Waals surface area contributed by atoms with Gasteiger partial charge in [-0.15, -0.1) is 0 Å². The first-order valence-corrected chi connectivity index (χ1v) is 13.6. The van der Waals surface area contributed by atoms with Crippen LogP contribution in [-0.4, -0.2) is 61.1 Å². The molecule has 0 spiro atoms. The second-order valence-corrected chi connectivity index (χ2v) is 10.1. The molecule has 0 aliphatic rings. The SMILES string of the molecule is CCN(CC)CCN(C)Cc1ccc(C(=O)Nc2ccc(Br)cc2C(=O)NN=Cc2ccc(C)cc2)cc1. The van der Waals surface area contributed by atoms with Crippen LogP contribution >= 0.6 is 15.9 Å². The highest BCUT2D eigenvalue weighted by atomic mass is 79.9. The molecule has 2 amide bonds. The van der Waals surface area contributed by atoms with E-state index in [1.165, 1.54) is 0 Å². The molecule has 0 saturated heterocycles. The van der Waals surface area contributed by atoms with Crippen LogP contribution in [0.15, 0.2) is 76.3 Å². The van der Waals surface area contributed by atoms with Crippen molar-refractivity contribution >= 4 is 39.6 Å². The Morgan fingerprint density at radius 1 is 0.921 bits per heavy atom. The normalized spacial score (nSPS) is 11.3. The molecule has 3 rings (SSSR count). The van der Waals surface area contributed by atoms with Gasteiger partial charge < -0.3 is 15.1 Å². The molecule has 0 heterocycles. The Balaban J connectivity index is 1.61. The lowest BCUT2D eigenvalue weighted by Gasteiger charge is -2.23. The van der Waals surface area contributed by atoms with Crippen molar-refractivity contribution in [3.05, 3.63) is 99.0 Å². The van der Waals surface area contributed by atoms with E-state index in [1.807, 2.05) is 55.5 Å². The number of carbonyl (C=O) groups excluding carboxylic acids is 2. The number of rotatable bonds is 12. The number of carbonyl (C=O) groups is 2. The molecule has 38 heavy (non-hydrogen) atoms. The molecule has 2 N–H and O–H groups in total. The molecule has 0 bridgehead atoms. The summed E-state index contributed by atoms with van der Waals surface area (Å²) < 4.78 is 0.720. The Morgan fingerprint density at radius 2 is 1.61 bits per heavy atom. The molecule has 3 aromatic carbocycles. The number of halogens is 1. The predicted molar refractivity (Wildman–Crippen MR) is 159 cm³/mol. The first-order valence-electron chi connectivity index (χ1n) is 12.8. The maximum absolute atomic E-state index is 13.0. The maximum Gasteiger partial charge on any atom is 0.273 e. The van der Waals surface area contributed by atoms with E-state index in [9.17, 15) is 9.59 Å². The van der Waals surface area contributed by atoms with Gasteiger partial charge in [0.05, 0.1) is 17.5 Å². The fourth-order valence-corrected chi connectivity index (χ4v) is 4.25. The molecule has 0 radical (unpaired) electrons. The number of aryl methyl sites for hydroxylation is 1. The standard InChI is InChI=1S/C30H36BrN5O2/c1-5-36(6-2)18-17-35(4)21-24-11-13-25(14-12-24)29(37)33-28-16-15-26(31)19-27(28)30(38)34-32-20-23-9-7-22(3)8-10-23/h7-16,19-20H,5-6,17-18,21H2,1-4H3,(H,33,37)(H,34,38). The lowest BCUT2D eigenvalue weighted by atomic mass is 10.1. The predicted octanol–water partition coefficient (Wildman–Crippen LogP) is 5.55. The first kappa shape index (κ1) is 29.2. The molecule has 3 aromatic rings. The molecular weight excluding hydrogens is 542 g/mol. The number of amides is 2. The number of nitrogens with one attached hydrogen (secondary N) is 2. The Labute approximate surface area is 234 Å². The quantitative estimate of drug-likeness (QED) is 0.218.